The lowest BCUT2D eigenvalue weighted by atomic mass is 10.0. The van der Waals surface area contributed by atoms with Gasteiger partial charge in [0.15, 0.2) is 0 Å². The Morgan fingerprint density at radius 2 is 1.48 bits per heavy atom. The van der Waals surface area contributed by atoms with E-state index >= 15 is 0 Å². The third-order valence-electron chi connectivity index (χ3n) is 4.68. The maximum atomic E-state index is 13.2. The van der Waals surface area contributed by atoms with Gasteiger partial charge in [-0.1, -0.05) is 71.9 Å². The highest BCUT2D eigenvalue weighted by atomic mass is 32.2. The number of thioether (sulfide) groups is 1. The fourth-order valence-electron chi connectivity index (χ4n) is 3.15. The van der Waals surface area contributed by atoms with Crippen LogP contribution < -0.4 is 0 Å². The molecule has 1 aliphatic rings. The summed E-state index contributed by atoms with van der Waals surface area (Å²) in [6.07, 6.45) is 0. The van der Waals surface area contributed by atoms with Crippen LogP contribution in [0, 0.1) is 12.7 Å². The first-order valence-corrected chi connectivity index (χ1v) is 9.99. The molecule has 2 amide bonds. The molecule has 3 aromatic carbocycles. The number of hydrogen-bond acceptors (Lipinski definition) is 3. The van der Waals surface area contributed by atoms with Crippen molar-refractivity contribution in [1.29, 1.82) is 0 Å². The topological polar surface area (TPSA) is 37.4 Å². The number of carbonyl (C=O) groups excluding carboxylic acids is 2. The van der Waals surface area contributed by atoms with Gasteiger partial charge in [-0.3, -0.25) is 14.5 Å². The van der Waals surface area contributed by atoms with Crippen LogP contribution in [0.3, 0.4) is 0 Å². The zero-order valence-electron chi connectivity index (χ0n) is 15.8. The molecule has 29 heavy (non-hydrogen) atoms. The van der Waals surface area contributed by atoms with Gasteiger partial charge in [0.05, 0.1) is 17.0 Å². The largest absolute Gasteiger partial charge is 0.269 e. The highest BCUT2D eigenvalue weighted by Gasteiger charge is 2.39. The predicted octanol–water partition coefficient (Wildman–Crippen LogP) is 5.21. The third-order valence-corrected chi connectivity index (χ3v) is 5.77. The monoisotopic (exact) mass is 403 g/mol. The fourth-order valence-corrected chi connectivity index (χ4v) is 4.18. The van der Waals surface area contributed by atoms with Crippen LogP contribution in [0.1, 0.15) is 16.7 Å². The lowest BCUT2D eigenvalue weighted by molar-refractivity contribution is -0.137. The van der Waals surface area contributed by atoms with Gasteiger partial charge >= 0.3 is 0 Å². The summed E-state index contributed by atoms with van der Waals surface area (Å²) in [5, 5.41) is 0. The van der Waals surface area contributed by atoms with Crippen LogP contribution in [0.15, 0.2) is 88.7 Å². The van der Waals surface area contributed by atoms with Gasteiger partial charge in [-0.2, -0.15) is 0 Å². The molecule has 0 fully saturated rings. The molecule has 0 saturated heterocycles. The van der Waals surface area contributed by atoms with Gasteiger partial charge in [-0.15, -0.1) is 0 Å². The van der Waals surface area contributed by atoms with Crippen molar-refractivity contribution in [3.8, 4) is 0 Å². The molecule has 1 heterocycles. The Morgan fingerprint density at radius 1 is 0.828 bits per heavy atom. The van der Waals surface area contributed by atoms with Crippen molar-refractivity contribution in [2.75, 3.05) is 0 Å². The minimum atomic E-state index is -0.355. The Bertz CT molecular complexity index is 1090. The number of benzene rings is 3. The maximum Gasteiger partial charge on any atom is 0.268 e. The second-order valence-electron chi connectivity index (χ2n) is 6.81. The normalized spacial score (nSPS) is 14.1. The summed E-state index contributed by atoms with van der Waals surface area (Å²) >= 11 is 1.29. The number of imide groups is 1. The number of carbonyl (C=O) groups is 2. The van der Waals surface area contributed by atoms with Crippen LogP contribution in [0.4, 0.5) is 4.39 Å². The molecule has 1 aliphatic heterocycles. The highest BCUT2D eigenvalue weighted by Crippen LogP contribution is 2.40. The van der Waals surface area contributed by atoms with E-state index in [1.165, 1.54) is 28.8 Å². The quantitative estimate of drug-likeness (QED) is 0.549. The molecule has 5 heteroatoms. The molecule has 0 N–H and O–H groups in total. The molecule has 0 radical (unpaired) electrons. The number of rotatable bonds is 5. The molecule has 0 spiro atoms. The Balaban J connectivity index is 1.72. The van der Waals surface area contributed by atoms with E-state index in [9.17, 15) is 14.0 Å². The molecule has 0 bridgehead atoms. The Morgan fingerprint density at radius 3 is 2.14 bits per heavy atom. The number of hydrogen-bond donors (Lipinski definition) is 0. The van der Waals surface area contributed by atoms with Gasteiger partial charge in [-0.05, 0) is 42.3 Å². The second-order valence-corrected chi connectivity index (χ2v) is 7.89. The van der Waals surface area contributed by atoms with Crippen molar-refractivity contribution in [2.24, 2.45) is 0 Å². The van der Waals surface area contributed by atoms with Crippen LogP contribution in [0.5, 0.6) is 0 Å². The second kappa shape index (κ2) is 8.05. The van der Waals surface area contributed by atoms with Crippen molar-refractivity contribution in [3.63, 3.8) is 0 Å². The maximum absolute atomic E-state index is 13.2. The van der Waals surface area contributed by atoms with Gasteiger partial charge in [0.1, 0.15) is 5.82 Å². The minimum Gasteiger partial charge on any atom is -0.269 e. The van der Waals surface area contributed by atoms with E-state index in [4.69, 9.17) is 0 Å². The molecule has 144 valence electrons. The summed E-state index contributed by atoms with van der Waals surface area (Å²) in [5.41, 5.74) is 2.90. The van der Waals surface area contributed by atoms with Crippen molar-refractivity contribution in [2.45, 2.75) is 18.4 Å². The van der Waals surface area contributed by atoms with E-state index in [1.807, 2.05) is 61.5 Å². The van der Waals surface area contributed by atoms with E-state index in [-0.39, 0.29) is 24.2 Å². The van der Waals surface area contributed by atoms with Crippen molar-refractivity contribution in [3.05, 3.63) is 106 Å². The first-order chi connectivity index (χ1) is 14.0. The van der Waals surface area contributed by atoms with E-state index in [0.717, 1.165) is 10.5 Å². The van der Waals surface area contributed by atoms with Gasteiger partial charge in [-0.25, -0.2) is 4.39 Å². The van der Waals surface area contributed by atoms with Crippen LogP contribution >= 0.6 is 11.8 Å². The van der Waals surface area contributed by atoms with Crippen LogP contribution in [-0.4, -0.2) is 16.7 Å². The first-order valence-electron chi connectivity index (χ1n) is 9.18. The molecular weight excluding hydrogens is 385 g/mol. The van der Waals surface area contributed by atoms with Crippen molar-refractivity contribution >= 4 is 29.1 Å². The zero-order valence-corrected chi connectivity index (χ0v) is 16.6. The molecule has 0 unspecified atom stereocenters. The average molecular weight is 403 g/mol. The van der Waals surface area contributed by atoms with E-state index in [1.54, 1.807) is 12.1 Å². The molecule has 3 nitrogen and oxygen atoms in total. The summed E-state index contributed by atoms with van der Waals surface area (Å²) < 4.78 is 13.2. The summed E-state index contributed by atoms with van der Waals surface area (Å²) in [6.45, 7) is 2.08. The minimum absolute atomic E-state index is 0.103. The summed E-state index contributed by atoms with van der Waals surface area (Å²) in [5.74, 6) is -1.02. The first kappa shape index (κ1) is 19.2. The Hall–Kier alpha value is -3.18. The molecule has 0 atom stereocenters. The summed E-state index contributed by atoms with van der Waals surface area (Å²) in [4.78, 5) is 29.0. The number of nitrogens with zero attached hydrogens (tertiary/aromatic N) is 1. The van der Waals surface area contributed by atoms with E-state index in [2.05, 4.69) is 0 Å². The number of amides is 2. The van der Waals surface area contributed by atoms with Gasteiger partial charge in [0.25, 0.3) is 11.8 Å². The molecule has 0 aliphatic carbocycles. The standard InChI is InChI=1S/C24H18FNO2S/c1-16-7-11-18(12-8-16)21-22(29-20-5-3-2-4-6-20)24(28)26(23(21)27)15-17-9-13-19(25)14-10-17/h2-14H,15H2,1H3. The number of halogens is 1. The molecule has 0 saturated carbocycles. The van der Waals surface area contributed by atoms with Gasteiger partial charge in [0, 0.05) is 4.90 Å². The fraction of sp³-hybridized carbons (Fsp3) is 0.0833. The van der Waals surface area contributed by atoms with Crippen molar-refractivity contribution < 1.29 is 14.0 Å². The lowest BCUT2D eigenvalue weighted by Crippen LogP contribution is -2.30. The SMILES string of the molecule is Cc1ccc(C2=C(Sc3ccccc3)C(=O)N(Cc3ccc(F)cc3)C2=O)cc1. The van der Waals surface area contributed by atoms with Gasteiger partial charge in [0.2, 0.25) is 0 Å². The van der Waals surface area contributed by atoms with E-state index < -0.39 is 0 Å². The number of aryl methyl sites for hydroxylation is 1. The van der Waals surface area contributed by atoms with Crippen molar-refractivity contribution in [1.82, 2.24) is 4.90 Å². The lowest BCUT2D eigenvalue weighted by Gasteiger charge is -2.15. The van der Waals surface area contributed by atoms with Gasteiger partial charge < -0.3 is 0 Å². The van der Waals surface area contributed by atoms with E-state index in [0.29, 0.717) is 21.6 Å². The highest BCUT2D eigenvalue weighted by molar-refractivity contribution is 8.04. The molecule has 4 rings (SSSR count). The van der Waals surface area contributed by atoms with Crippen LogP contribution in [0.25, 0.3) is 5.57 Å². The Kier molecular flexibility index (Phi) is 5.32. The summed E-state index contributed by atoms with van der Waals surface area (Å²) in [7, 11) is 0. The smallest absolute Gasteiger partial charge is 0.268 e. The molecule has 0 aromatic heterocycles. The zero-order chi connectivity index (χ0) is 20.4. The van der Waals surface area contributed by atoms with Crippen LogP contribution in [-0.2, 0) is 16.1 Å². The Labute approximate surface area is 172 Å². The molecule has 3 aromatic rings. The average Bonchev–Trinajstić information content (AvgIpc) is 2.95. The summed E-state index contributed by atoms with van der Waals surface area (Å²) in [6, 6.07) is 22.9. The predicted molar refractivity (Wildman–Crippen MR) is 112 cm³/mol. The third kappa shape index (κ3) is 4.00. The molecular formula is C24H18FNO2S. The van der Waals surface area contributed by atoms with Crippen LogP contribution in [0.2, 0.25) is 0 Å².